The monoisotopic (exact) mass is 422 g/mol. The number of fused-ring (bicyclic) bond motifs is 1. The third-order valence-corrected chi connectivity index (χ3v) is 7.31. The fourth-order valence-corrected chi connectivity index (χ4v) is 5.84. The van der Waals surface area contributed by atoms with E-state index >= 15 is 0 Å². The van der Waals surface area contributed by atoms with Gasteiger partial charge in [-0.1, -0.05) is 26.3 Å². The Labute approximate surface area is 177 Å². The van der Waals surface area contributed by atoms with Crippen molar-refractivity contribution in [3.63, 3.8) is 0 Å². The average molecular weight is 423 g/mol. The number of hydrogen-bond acceptors (Lipinski definition) is 5. The minimum atomic E-state index is -1.15. The summed E-state index contributed by atoms with van der Waals surface area (Å²) in [6, 6.07) is -0.882. The molecule has 1 spiro atoms. The van der Waals surface area contributed by atoms with Crippen molar-refractivity contribution in [2.75, 3.05) is 26.2 Å². The highest BCUT2D eigenvalue weighted by atomic mass is 16.5. The first-order valence-electron chi connectivity index (χ1n) is 10.9. The molecule has 8 heteroatoms. The predicted octanol–water partition coefficient (Wildman–Crippen LogP) is 1.28. The number of nitrogens with zero attached hydrogens (tertiary/aromatic N) is 2. The maximum absolute atomic E-state index is 13.8. The van der Waals surface area contributed by atoms with Crippen molar-refractivity contribution in [2.45, 2.75) is 63.7 Å². The molecular weight excluding hydrogens is 388 g/mol. The Bertz CT molecular complexity index is 726. The van der Waals surface area contributed by atoms with Gasteiger partial charge >= 0.3 is 5.97 Å². The van der Waals surface area contributed by atoms with Crippen molar-refractivity contribution in [3.05, 3.63) is 12.7 Å². The van der Waals surface area contributed by atoms with Crippen LogP contribution in [0.2, 0.25) is 0 Å². The highest BCUT2D eigenvalue weighted by Gasteiger charge is 2.80. The molecule has 30 heavy (non-hydrogen) atoms. The normalized spacial score (nSPS) is 36.8. The quantitative estimate of drug-likeness (QED) is 0.514. The van der Waals surface area contributed by atoms with Crippen molar-refractivity contribution in [2.24, 2.45) is 17.8 Å². The molecule has 3 aliphatic rings. The molecule has 168 valence electrons. The number of likely N-dealkylation sites (tertiary alicyclic amines) is 1. The molecule has 8 nitrogen and oxygen atoms in total. The Morgan fingerprint density at radius 2 is 2.10 bits per heavy atom. The van der Waals surface area contributed by atoms with Crippen molar-refractivity contribution >= 4 is 17.8 Å². The topological polar surface area (TPSA) is 107 Å². The Morgan fingerprint density at radius 3 is 2.67 bits per heavy atom. The van der Waals surface area contributed by atoms with Crippen LogP contribution in [0.4, 0.5) is 0 Å². The van der Waals surface area contributed by atoms with E-state index in [0.29, 0.717) is 25.9 Å². The third kappa shape index (κ3) is 3.15. The molecule has 3 aliphatic heterocycles. The number of aliphatic carboxylic acids is 1. The molecule has 2 N–H and O–H groups in total. The maximum Gasteiger partial charge on any atom is 0.310 e. The van der Waals surface area contributed by atoms with Gasteiger partial charge in [0.2, 0.25) is 11.8 Å². The van der Waals surface area contributed by atoms with Gasteiger partial charge in [0.1, 0.15) is 17.6 Å². The van der Waals surface area contributed by atoms with Gasteiger partial charge in [0.15, 0.2) is 0 Å². The number of carbonyl (C=O) groups is 3. The second kappa shape index (κ2) is 8.30. The molecule has 0 aliphatic carbocycles. The van der Waals surface area contributed by atoms with E-state index in [0.717, 1.165) is 12.8 Å². The number of carboxylic acids is 1. The molecule has 0 aromatic carbocycles. The van der Waals surface area contributed by atoms with Gasteiger partial charge in [-0.2, -0.15) is 0 Å². The Morgan fingerprint density at radius 1 is 1.40 bits per heavy atom. The van der Waals surface area contributed by atoms with Gasteiger partial charge in [-0.15, -0.1) is 6.58 Å². The fourth-order valence-electron chi connectivity index (χ4n) is 5.84. The molecule has 3 heterocycles. The Balaban J connectivity index is 2.06. The number of aliphatic hydroxyl groups excluding tert-OH is 1. The molecule has 2 amide bonds. The van der Waals surface area contributed by atoms with E-state index in [1.54, 1.807) is 17.9 Å². The zero-order valence-electron chi connectivity index (χ0n) is 18.2. The lowest BCUT2D eigenvalue weighted by atomic mass is 9.62. The van der Waals surface area contributed by atoms with Gasteiger partial charge in [0.05, 0.1) is 11.5 Å². The number of carbonyl (C=O) groups excluding carboxylic acids is 2. The molecule has 0 aromatic rings. The lowest BCUT2D eigenvalue weighted by Gasteiger charge is -2.37. The summed E-state index contributed by atoms with van der Waals surface area (Å²) in [6.45, 7) is 10.5. The van der Waals surface area contributed by atoms with Crippen molar-refractivity contribution in [1.82, 2.24) is 9.80 Å². The van der Waals surface area contributed by atoms with Crippen LogP contribution in [0, 0.1) is 17.8 Å². The summed E-state index contributed by atoms with van der Waals surface area (Å²) in [6.07, 6.45) is 4.18. The lowest BCUT2D eigenvalue weighted by molar-refractivity contribution is -0.158. The van der Waals surface area contributed by atoms with Crippen LogP contribution in [-0.4, -0.2) is 81.3 Å². The van der Waals surface area contributed by atoms with Gasteiger partial charge in [0, 0.05) is 26.2 Å². The van der Waals surface area contributed by atoms with Crippen molar-refractivity contribution in [3.8, 4) is 0 Å². The zero-order chi connectivity index (χ0) is 22.3. The number of hydrogen-bond donors (Lipinski definition) is 2. The summed E-state index contributed by atoms with van der Waals surface area (Å²) in [5.74, 6) is -3.61. The van der Waals surface area contributed by atoms with Crippen LogP contribution in [0.25, 0.3) is 0 Å². The number of unbranched alkanes of at least 4 members (excludes halogenated alkanes) is 1. The molecule has 0 aromatic heterocycles. The van der Waals surface area contributed by atoms with Gasteiger partial charge in [0.25, 0.3) is 0 Å². The molecular formula is C22H34N2O6. The van der Waals surface area contributed by atoms with Crippen LogP contribution < -0.4 is 0 Å². The number of amides is 2. The van der Waals surface area contributed by atoms with Gasteiger partial charge in [-0.05, 0) is 32.1 Å². The van der Waals surface area contributed by atoms with E-state index in [4.69, 9.17) is 4.74 Å². The van der Waals surface area contributed by atoms with Gasteiger partial charge < -0.3 is 24.7 Å². The molecule has 3 fully saturated rings. The SMILES string of the molecule is C=CCN(CCCC)C(=O)C1N(CCCO)C(=O)[C@@H]2[C@H](C(=O)O)[C@@]3(C)OC12CC3C. The summed E-state index contributed by atoms with van der Waals surface area (Å²) in [4.78, 5) is 42.6. The first-order valence-corrected chi connectivity index (χ1v) is 10.9. The third-order valence-electron chi connectivity index (χ3n) is 7.31. The van der Waals surface area contributed by atoms with Crippen LogP contribution in [-0.2, 0) is 19.1 Å². The number of aliphatic hydroxyl groups is 1. The second-order valence-corrected chi connectivity index (χ2v) is 9.08. The largest absolute Gasteiger partial charge is 0.481 e. The first kappa shape index (κ1) is 22.7. The molecule has 6 atom stereocenters. The minimum absolute atomic E-state index is 0.0979. The summed E-state index contributed by atoms with van der Waals surface area (Å²) in [7, 11) is 0. The molecule has 0 radical (unpaired) electrons. The Hall–Kier alpha value is -1.93. The van der Waals surface area contributed by atoms with Gasteiger partial charge in [-0.25, -0.2) is 0 Å². The lowest BCUT2D eigenvalue weighted by Crippen LogP contribution is -2.56. The molecule has 2 bridgehead atoms. The summed E-state index contributed by atoms with van der Waals surface area (Å²) < 4.78 is 6.43. The van der Waals surface area contributed by atoms with E-state index in [1.165, 1.54) is 4.90 Å². The summed E-state index contributed by atoms with van der Waals surface area (Å²) >= 11 is 0. The number of carboxylic acid groups (broad SMARTS) is 1. The van der Waals surface area contributed by atoms with E-state index < -0.39 is 35.0 Å². The molecule has 0 saturated carbocycles. The van der Waals surface area contributed by atoms with Crippen LogP contribution in [0.15, 0.2) is 12.7 Å². The molecule has 3 unspecified atom stereocenters. The highest BCUT2D eigenvalue weighted by molar-refractivity contribution is 5.98. The predicted molar refractivity (Wildman–Crippen MR) is 110 cm³/mol. The average Bonchev–Trinajstić information content (AvgIpc) is 3.20. The summed E-state index contributed by atoms with van der Waals surface area (Å²) in [5, 5.41) is 19.3. The smallest absolute Gasteiger partial charge is 0.310 e. The maximum atomic E-state index is 13.8. The van der Waals surface area contributed by atoms with Crippen LogP contribution in [0.3, 0.4) is 0 Å². The van der Waals surface area contributed by atoms with E-state index in [2.05, 4.69) is 6.58 Å². The van der Waals surface area contributed by atoms with Crippen LogP contribution in [0.5, 0.6) is 0 Å². The van der Waals surface area contributed by atoms with E-state index in [1.807, 2.05) is 13.8 Å². The fraction of sp³-hybridized carbons (Fsp3) is 0.773. The standard InChI is InChI=1S/C22H34N2O6/c1-5-7-10-23(9-6-2)19(27)17-22-13-14(3)21(4,30-22)16(20(28)29)15(22)18(26)24(17)11-8-12-25/h6,14-17,25H,2,5,7-13H2,1,3-4H3,(H,28,29)/t14?,15-,16+,17?,21-,22?/m0/s1. The molecule has 3 saturated heterocycles. The number of rotatable bonds is 10. The summed E-state index contributed by atoms with van der Waals surface area (Å²) in [5.41, 5.74) is -2.13. The van der Waals surface area contributed by atoms with E-state index in [9.17, 15) is 24.6 Å². The van der Waals surface area contributed by atoms with Crippen LogP contribution in [0.1, 0.15) is 46.5 Å². The molecule has 3 rings (SSSR count). The Kier molecular flexibility index (Phi) is 6.30. The highest BCUT2D eigenvalue weighted by Crippen LogP contribution is 2.65. The second-order valence-electron chi connectivity index (χ2n) is 9.08. The van der Waals surface area contributed by atoms with Gasteiger partial charge in [-0.3, -0.25) is 14.4 Å². The zero-order valence-corrected chi connectivity index (χ0v) is 18.2. The van der Waals surface area contributed by atoms with E-state index in [-0.39, 0.29) is 30.9 Å². The number of ether oxygens (including phenoxy) is 1. The van der Waals surface area contributed by atoms with Crippen molar-refractivity contribution < 1.29 is 29.3 Å². The van der Waals surface area contributed by atoms with Crippen molar-refractivity contribution in [1.29, 1.82) is 0 Å². The van der Waals surface area contributed by atoms with Crippen LogP contribution >= 0.6 is 0 Å². The first-order chi connectivity index (χ1) is 14.2. The minimum Gasteiger partial charge on any atom is -0.481 e.